The minimum absolute atomic E-state index is 0.0155. The number of aliphatic hydroxyl groups excluding tert-OH is 1. The Morgan fingerprint density at radius 1 is 1.26 bits per heavy atom. The van der Waals surface area contributed by atoms with Crippen molar-refractivity contribution in [2.24, 2.45) is 0 Å². The molecule has 8 nitrogen and oxygen atoms in total. The summed E-state index contributed by atoms with van der Waals surface area (Å²) in [6.07, 6.45) is 8.64. The molecule has 1 saturated carbocycles. The Morgan fingerprint density at radius 2 is 2.06 bits per heavy atom. The summed E-state index contributed by atoms with van der Waals surface area (Å²) in [7, 11) is 0. The van der Waals surface area contributed by atoms with Crippen molar-refractivity contribution in [1.82, 2.24) is 19.5 Å². The van der Waals surface area contributed by atoms with Crippen molar-refractivity contribution in [2.45, 2.75) is 64.1 Å². The van der Waals surface area contributed by atoms with Gasteiger partial charge in [-0.25, -0.2) is 4.98 Å². The molecule has 4 rings (SSSR count). The number of nitrogens with two attached hydrogens (primary N) is 1. The lowest BCUT2D eigenvalue weighted by Crippen LogP contribution is -2.24. The van der Waals surface area contributed by atoms with Crippen molar-refractivity contribution in [3.05, 3.63) is 35.1 Å². The number of nitrogens with one attached hydrogen (secondary N) is 2. The molecule has 1 atom stereocenters. The minimum Gasteiger partial charge on any atom is -0.397 e. The molecule has 5 N–H and O–H groups in total. The van der Waals surface area contributed by atoms with Gasteiger partial charge in [0.15, 0.2) is 17.0 Å². The first-order chi connectivity index (χ1) is 15.1. The smallest absolute Gasteiger partial charge is 0.227 e. The molecule has 1 aromatic carbocycles. The van der Waals surface area contributed by atoms with Gasteiger partial charge in [0, 0.05) is 12.6 Å². The standard InChI is InChI=1S/C22H30ClN7O/c1-2-15(12-31)27-22-28-20(25-11-14-7-6-10-17(23)18(14)24)19-21(29-22)30(13-26-19)16-8-4-3-5-9-16/h6-7,10,13,15-16,31H,2-5,8-9,11-12,24H2,1H3,(H2,25,27,28,29). The van der Waals surface area contributed by atoms with Gasteiger partial charge in [0.25, 0.3) is 0 Å². The molecule has 1 unspecified atom stereocenters. The second kappa shape index (κ2) is 9.70. The van der Waals surface area contributed by atoms with E-state index in [1.807, 2.05) is 25.4 Å². The van der Waals surface area contributed by atoms with Crippen molar-refractivity contribution < 1.29 is 5.11 Å². The van der Waals surface area contributed by atoms with E-state index in [-0.39, 0.29) is 12.6 Å². The van der Waals surface area contributed by atoms with Crippen molar-refractivity contribution in [1.29, 1.82) is 0 Å². The first kappa shape index (κ1) is 21.6. The van der Waals surface area contributed by atoms with Gasteiger partial charge in [-0.15, -0.1) is 0 Å². The molecule has 2 aromatic heterocycles. The molecule has 9 heteroatoms. The fourth-order valence-corrected chi connectivity index (χ4v) is 4.30. The molecule has 0 bridgehead atoms. The lowest BCUT2D eigenvalue weighted by Gasteiger charge is -2.23. The summed E-state index contributed by atoms with van der Waals surface area (Å²) in [6.45, 7) is 2.49. The van der Waals surface area contributed by atoms with E-state index < -0.39 is 0 Å². The number of fused-ring (bicyclic) bond motifs is 1. The van der Waals surface area contributed by atoms with E-state index in [0.29, 0.717) is 35.1 Å². The Hall–Kier alpha value is -2.58. The number of rotatable bonds is 8. The van der Waals surface area contributed by atoms with Crippen LogP contribution in [0.4, 0.5) is 17.5 Å². The van der Waals surface area contributed by atoms with Crippen LogP contribution < -0.4 is 16.4 Å². The molecular formula is C22H30ClN7O. The maximum absolute atomic E-state index is 9.62. The molecule has 0 spiro atoms. The van der Waals surface area contributed by atoms with Crippen LogP contribution >= 0.6 is 11.6 Å². The summed E-state index contributed by atoms with van der Waals surface area (Å²) in [5.74, 6) is 1.11. The number of imidazole rings is 1. The average Bonchev–Trinajstić information content (AvgIpc) is 3.23. The quantitative estimate of drug-likeness (QED) is 0.382. The number of aromatic nitrogens is 4. The number of nitrogen functional groups attached to an aromatic ring is 1. The molecule has 31 heavy (non-hydrogen) atoms. The topological polar surface area (TPSA) is 114 Å². The number of hydrogen-bond donors (Lipinski definition) is 4. The van der Waals surface area contributed by atoms with Gasteiger partial charge in [0.2, 0.25) is 5.95 Å². The van der Waals surface area contributed by atoms with Gasteiger partial charge >= 0.3 is 0 Å². The van der Waals surface area contributed by atoms with E-state index in [0.717, 1.165) is 36.0 Å². The number of anilines is 3. The highest BCUT2D eigenvalue weighted by Gasteiger charge is 2.21. The summed E-state index contributed by atoms with van der Waals surface area (Å²) in [4.78, 5) is 14.1. The highest BCUT2D eigenvalue weighted by molar-refractivity contribution is 6.33. The monoisotopic (exact) mass is 443 g/mol. The van der Waals surface area contributed by atoms with Gasteiger partial charge in [-0.2, -0.15) is 9.97 Å². The summed E-state index contributed by atoms with van der Waals surface area (Å²) in [5, 5.41) is 16.8. The fourth-order valence-electron chi connectivity index (χ4n) is 4.10. The normalized spacial score (nSPS) is 15.8. The molecule has 1 fully saturated rings. The van der Waals surface area contributed by atoms with Crippen LogP contribution in [0.25, 0.3) is 11.2 Å². The van der Waals surface area contributed by atoms with Gasteiger partial charge in [-0.1, -0.05) is 49.9 Å². The zero-order valence-corrected chi connectivity index (χ0v) is 18.6. The summed E-state index contributed by atoms with van der Waals surface area (Å²) in [5.41, 5.74) is 9.11. The second-order valence-electron chi connectivity index (χ2n) is 8.11. The molecular weight excluding hydrogens is 414 g/mol. The molecule has 0 radical (unpaired) electrons. The van der Waals surface area contributed by atoms with Crippen molar-refractivity contribution in [3.63, 3.8) is 0 Å². The number of nitrogens with zero attached hydrogens (tertiary/aromatic N) is 4. The van der Waals surface area contributed by atoms with Gasteiger partial charge in [0.05, 0.1) is 29.7 Å². The van der Waals surface area contributed by atoms with Crippen LogP contribution in [0.15, 0.2) is 24.5 Å². The Morgan fingerprint density at radius 3 is 2.81 bits per heavy atom. The number of aliphatic hydroxyl groups is 1. The predicted octanol–water partition coefficient (Wildman–Crippen LogP) is 4.36. The van der Waals surface area contributed by atoms with Crippen LogP contribution in [0.1, 0.15) is 57.1 Å². The molecule has 166 valence electrons. The van der Waals surface area contributed by atoms with Crippen molar-refractivity contribution in [2.75, 3.05) is 23.0 Å². The molecule has 1 aliphatic rings. The predicted molar refractivity (Wildman–Crippen MR) is 125 cm³/mol. The van der Waals surface area contributed by atoms with Crippen LogP contribution in [0.5, 0.6) is 0 Å². The molecule has 1 aliphatic carbocycles. The Balaban J connectivity index is 1.69. The molecule has 0 aliphatic heterocycles. The Bertz CT molecular complexity index is 1030. The lowest BCUT2D eigenvalue weighted by molar-refractivity contribution is 0.271. The van der Waals surface area contributed by atoms with Crippen molar-refractivity contribution >= 4 is 40.2 Å². The second-order valence-corrected chi connectivity index (χ2v) is 8.52. The third-order valence-corrected chi connectivity index (χ3v) is 6.36. The Kier molecular flexibility index (Phi) is 6.77. The highest BCUT2D eigenvalue weighted by atomic mass is 35.5. The van der Waals surface area contributed by atoms with Crippen LogP contribution in [-0.2, 0) is 6.54 Å². The third kappa shape index (κ3) is 4.70. The number of halogens is 1. The summed E-state index contributed by atoms with van der Waals surface area (Å²) in [6, 6.07) is 5.88. The molecule has 0 amide bonds. The average molecular weight is 444 g/mol. The largest absolute Gasteiger partial charge is 0.397 e. The van der Waals surface area contributed by atoms with Crippen LogP contribution in [0, 0.1) is 0 Å². The minimum atomic E-state index is -0.111. The SMILES string of the molecule is CCC(CO)Nc1nc(NCc2cccc(Cl)c2N)c2ncn(C3CCCCC3)c2n1. The maximum Gasteiger partial charge on any atom is 0.227 e. The van der Waals surface area contributed by atoms with Crippen LogP contribution in [-0.4, -0.2) is 37.3 Å². The van der Waals surface area contributed by atoms with E-state index in [2.05, 4.69) is 25.2 Å². The molecule has 2 heterocycles. The molecule has 3 aromatic rings. The van der Waals surface area contributed by atoms with Crippen LogP contribution in [0.3, 0.4) is 0 Å². The van der Waals surface area contributed by atoms with E-state index in [9.17, 15) is 5.11 Å². The first-order valence-electron chi connectivity index (χ1n) is 11.0. The van der Waals surface area contributed by atoms with E-state index in [4.69, 9.17) is 22.3 Å². The van der Waals surface area contributed by atoms with Gasteiger partial charge < -0.3 is 26.0 Å². The maximum atomic E-state index is 9.62. The van der Waals surface area contributed by atoms with Crippen LogP contribution in [0.2, 0.25) is 5.02 Å². The van der Waals surface area contributed by atoms with E-state index in [1.165, 1.54) is 19.3 Å². The zero-order valence-electron chi connectivity index (χ0n) is 17.8. The van der Waals surface area contributed by atoms with Gasteiger partial charge in [0.1, 0.15) is 0 Å². The van der Waals surface area contributed by atoms with Gasteiger partial charge in [-0.3, -0.25) is 0 Å². The number of para-hydroxylation sites is 1. The third-order valence-electron chi connectivity index (χ3n) is 6.03. The van der Waals surface area contributed by atoms with Gasteiger partial charge in [-0.05, 0) is 30.9 Å². The summed E-state index contributed by atoms with van der Waals surface area (Å²) >= 11 is 6.17. The zero-order chi connectivity index (χ0) is 21.8. The first-order valence-corrected chi connectivity index (χ1v) is 11.4. The van der Waals surface area contributed by atoms with E-state index in [1.54, 1.807) is 6.07 Å². The summed E-state index contributed by atoms with van der Waals surface area (Å²) < 4.78 is 2.18. The van der Waals surface area contributed by atoms with Crippen molar-refractivity contribution in [3.8, 4) is 0 Å². The Labute approximate surface area is 187 Å². The highest BCUT2D eigenvalue weighted by Crippen LogP contribution is 2.32. The molecule has 0 saturated heterocycles. The fraction of sp³-hybridized carbons (Fsp3) is 0.500. The number of hydrogen-bond acceptors (Lipinski definition) is 7. The van der Waals surface area contributed by atoms with E-state index >= 15 is 0 Å². The number of benzene rings is 1. The lowest BCUT2D eigenvalue weighted by atomic mass is 9.95.